The van der Waals surface area contributed by atoms with Crippen LogP contribution in [0.3, 0.4) is 0 Å². The number of ether oxygens (including phenoxy) is 1. The molecule has 3 rings (SSSR count). The van der Waals surface area contributed by atoms with Crippen LogP contribution < -0.4 is 15.4 Å². The molecule has 0 aliphatic carbocycles. The van der Waals surface area contributed by atoms with E-state index in [0.29, 0.717) is 28.3 Å². The van der Waals surface area contributed by atoms with Gasteiger partial charge in [0, 0.05) is 12.6 Å². The molecule has 2 amide bonds. The number of nitrogens with one attached hydrogen (secondary N) is 2. The fourth-order valence-electron chi connectivity index (χ4n) is 2.92. The largest absolute Gasteiger partial charge is 0.456 e. The molecule has 6 nitrogen and oxygen atoms in total. The van der Waals surface area contributed by atoms with Crippen molar-refractivity contribution < 1.29 is 14.3 Å². The van der Waals surface area contributed by atoms with E-state index in [1.54, 1.807) is 67.6 Å². The quantitative estimate of drug-likeness (QED) is 0.613. The van der Waals surface area contributed by atoms with Crippen LogP contribution in [0.25, 0.3) is 0 Å². The molecule has 0 saturated carbocycles. The van der Waals surface area contributed by atoms with Gasteiger partial charge in [0.25, 0.3) is 11.8 Å². The van der Waals surface area contributed by atoms with E-state index in [1.807, 2.05) is 6.07 Å². The van der Waals surface area contributed by atoms with E-state index in [0.717, 1.165) is 5.56 Å². The fraction of sp³-hybridized carbons (Fsp3) is 0.0870. The SMILES string of the molecule is CNC(=O)c1c(C)cccc1NC(=O)c1cccc(Oc2cccc(Cl)c2C#N)c1. The minimum Gasteiger partial charge on any atom is -0.456 e. The van der Waals surface area contributed by atoms with Gasteiger partial charge in [-0.15, -0.1) is 0 Å². The molecule has 0 spiro atoms. The third-order valence-electron chi connectivity index (χ3n) is 4.39. The monoisotopic (exact) mass is 419 g/mol. The van der Waals surface area contributed by atoms with E-state index in [1.165, 1.54) is 7.05 Å². The van der Waals surface area contributed by atoms with Gasteiger partial charge in [0.05, 0.1) is 16.3 Å². The highest BCUT2D eigenvalue weighted by molar-refractivity contribution is 6.32. The van der Waals surface area contributed by atoms with Gasteiger partial charge in [0.2, 0.25) is 0 Å². The first-order valence-corrected chi connectivity index (χ1v) is 9.42. The lowest BCUT2D eigenvalue weighted by Crippen LogP contribution is -2.22. The number of halogens is 1. The van der Waals surface area contributed by atoms with E-state index in [9.17, 15) is 14.9 Å². The highest BCUT2D eigenvalue weighted by Crippen LogP contribution is 2.30. The summed E-state index contributed by atoms with van der Waals surface area (Å²) in [6, 6.07) is 18.6. The summed E-state index contributed by atoms with van der Waals surface area (Å²) < 4.78 is 5.77. The van der Waals surface area contributed by atoms with Crippen molar-refractivity contribution in [3.8, 4) is 17.6 Å². The second-order valence-electron chi connectivity index (χ2n) is 6.39. The number of carbonyl (C=O) groups is 2. The lowest BCUT2D eigenvalue weighted by molar-refractivity contribution is 0.0963. The minimum absolute atomic E-state index is 0.212. The zero-order chi connectivity index (χ0) is 21.7. The van der Waals surface area contributed by atoms with E-state index in [4.69, 9.17) is 16.3 Å². The number of hydrogen-bond acceptors (Lipinski definition) is 4. The van der Waals surface area contributed by atoms with Gasteiger partial charge in [0.15, 0.2) is 0 Å². The van der Waals surface area contributed by atoms with Crippen LogP contribution in [0.5, 0.6) is 11.5 Å². The predicted octanol–water partition coefficient (Wildman–Crippen LogP) is 4.92. The standard InChI is InChI=1S/C23H18ClN3O3/c1-14-6-3-10-19(21(14)23(29)26-2)27-22(28)15-7-4-8-16(12-15)30-20-11-5-9-18(24)17(20)13-25/h3-12H,1-2H3,(H,26,29)(H,27,28). The highest BCUT2D eigenvalue weighted by atomic mass is 35.5. The molecule has 0 unspecified atom stereocenters. The van der Waals surface area contributed by atoms with Crippen molar-refractivity contribution in [1.82, 2.24) is 5.32 Å². The van der Waals surface area contributed by atoms with Crippen LogP contribution in [0.15, 0.2) is 60.7 Å². The molecule has 0 fully saturated rings. The number of aryl methyl sites for hydroxylation is 1. The third-order valence-corrected chi connectivity index (χ3v) is 4.70. The van der Waals surface area contributed by atoms with Crippen molar-refractivity contribution in [2.24, 2.45) is 0 Å². The van der Waals surface area contributed by atoms with Crippen LogP contribution in [-0.2, 0) is 0 Å². The van der Waals surface area contributed by atoms with E-state index >= 15 is 0 Å². The van der Waals surface area contributed by atoms with Crippen molar-refractivity contribution in [3.05, 3.63) is 87.9 Å². The first-order chi connectivity index (χ1) is 14.4. The number of carbonyl (C=O) groups excluding carboxylic acids is 2. The second-order valence-corrected chi connectivity index (χ2v) is 6.79. The Kier molecular flexibility index (Phi) is 6.35. The van der Waals surface area contributed by atoms with Gasteiger partial charge in [-0.3, -0.25) is 9.59 Å². The minimum atomic E-state index is -0.400. The fourth-order valence-corrected chi connectivity index (χ4v) is 3.13. The molecule has 0 heterocycles. The molecular formula is C23H18ClN3O3. The molecule has 0 bridgehead atoms. The van der Waals surface area contributed by atoms with Gasteiger partial charge < -0.3 is 15.4 Å². The highest BCUT2D eigenvalue weighted by Gasteiger charge is 2.16. The Labute approximate surface area is 179 Å². The summed E-state index contributed by atoms with van der Waals surface area (Å²) in [5.74, 6) is -0.0198. The topological polar surface area (TPSA) is 91.2 Å². The van der Waals surface area contributed by atoms with Crippen molar-refractivity contribution in [2.75, 3.05) is 12.4 Å². The number of nitriles is 1. The molecule has 7 heteroatoms. The summed E-state index contributed by atoms with van der Waals surface area (Å²) in [6.07, 6.45) is 0. The number of amides is 2. The van der Waals surface area contributed by atoms with Gasteiger partial charge in [-0.25, -0.2) is 0 Å². The van der Waals surface area contributed by atoms with E-state index in [-0.39, 0.29) is 16.5 Å². The molecule has 0 aliphatic heterocycles. The summed E-state index contributed by atoms with van der Waals surface area (Å²) in [7, 11) is 1.53. The number of anilines is 1. The number of nitrogens with zero attached hydrogens (tertiary/aromatic N) is 1. The lowest BCUT2D eigenvalue weighted by atomic mass is 10.1. The normalized spacial score (nSPS) is 10.1. The van der Waals surface area contributed by atoms with Crippen LogP contribution in [0.2, 0.25) is 5.02 Å². The van der Waals surface area contributed by atoms with Crippen molar-refractivity contribution in [1.29, 1.82) is 5.26 Å². The second kappa shape index (κ2) is 9.12. The van der Waals surface area contributed by atoms with Gasteiger partial charge in [-0.1, -0.05) is 35.9 Å². The molecule has 0 saturated heterocycles. The zero-order valence-corrected chi connectivity index (χ0v) is 17.1. The van der Waals surface area contributed by atoms with Crippen LogP contribution in [-0.4, -0.2) is 18.9 Å². The molecule has 3 aromatic carbocycles. The maximum atomic E-state index is 12.8. The van der Waals surface area contributed by atoms with Crippen molar-refractivity contribution >= 4 is 29.1 Å². The smallest absolute Gasteiger partial charge is 0.255 e. The zero-order valence-electron chi connectivity index (χ0n) is 16.3. The maximum absolute atomic E-state index is 12.8. The molecule has 0 aliphatic rings. The molecule has 3 aromatic rings. The summed E-state index contributed by atoms with van der Waals surface area (Å²) in [5, 5.41) is 14.9. The van der Waals surface area contributed by atoms with E-state index < -0.39 is 5.91 Å². The first-order valence-electron chi connectivity index (χ1n) is 9.04. The summed E-state index contributed by atoms with van der Waals surface area (Å²) >= 11 is 6.03. The average molecular weight is 420 g/mol. The van der Waals surface area contributed by atoms with Crippen LogP contribution >= 0.6 is 11.6 Å². The molecule has 0 radical (unpaired) electrons. The molecule has 0 aromatic heterocycles. The summed E-state index contributed by atoms with van der Waals surface area (Å²) in [6.45, 7) is 1.80. The van der Waals surface area contributed by atoms with Gasteiger partial charge in [-0.2, -0.15) is 5.26 Å². The summed E-state index contributed by atoms with van der Waals surface area (Å²) in [4.78, 5) is 25.0. The Balaban J connectivity index is 1.87. The number of rotatable bonds is 5. The van der Waals surface area contributed by atoms with Gasteiger partial charge in [0.1, 0.15) is 23.1 Å². The van der Waals surface area contributed by atoms with E-state index in [2.05, 4.69) is 10.6 Å². The van der Waals surface area contributed by atoms with Crippen molar-refractivity contribution in [2.45, 2.75) is 6.92 Å². The maximum Gasteiger partial charge on any atom is 0.255 e. The Morgan fingerprint density at radius 3 is 2.50 bits per heavy atom. The first kappa shape index (κ1) is 20.9. The van der Waals surface area contributed by atoms with Crippen molar-refractivity contribution in [3.63, 3.8) is 0 Å². The number of benzene rings is 3. The summed E-state index contributed by atoms with van der Waals surface area (Å²) in [5.41, 5.74) is 2.10. The average Bonchev–Trinajstić information content (AvgIpc) is 2.74. The Morgan fingerprint density at radius 1 is 1.03 bits per heavy atom. The Hall–Kier alpha value is -3.82. The molecule has 30 heavy (non-hydrogen) atoms. The molecular weight excluding hydrogens is 402 g/mol. The van der Waals surface area contributed by atoms with Crippen LogP contribution in [0.1, 0.15) is 31.8 Å². The predicted molar refractivity (Wildman–Crippen MR) is 115 cm³/mol. The third kappa shape index (κ3) is 4.43. The molecule has 150 valence electrons. The van der Waals surface area contributed by atoms with Gasteiger partial charge >= 0.3 is 0 Å². The molecule has 0 atom stereocenters. The van der Waals surface area contributed by atoms with Gasteiger partial charge in [-0.05, 0) is 48.9 Å². The Morgan fingerprint density at radius 2 is 1.77 bits per heavy atom. The lowest BCUT2D eigenvalue weighted by Gasteiger charge is -2.13. The Bertz CT molecular complexity index is 1170. The van der Waals surface area contributed by atoms with Crippen LogP contribution in [0, 0.1) is 18.3 Å². The molecule has 2 N–H and O–H groups in total. The van der Waals surface area contributed by atoms with Crippen LogP contribution in [0.4, 0.5) is 5.69 Å². The number of hydrogen-bond donors (Lipinski definition) is 2.